The fourth-order valence-corrected chi connectivity index (χ4v) is 8.51. The lowest BCUT2D eigenvalue weighted by molar-refractivity contribution is -0.0543. The van der Waals surface area contributed by atoms with Crippen LogP contribution in [0.1, 0.15) is 28.8 Å². The van der Waals surface area contributed by atoms with Gasteiger partial charge in [-0.25, -0.2) is 18.5 Å². The van der Waals surface area contributed by atoms with E-state index in [4.69, 9.17) is 21.8 Å². The zero-order chi connectivity index (χ0) is 31.3. The summed E-state index contributed by atoms with van der Waals surface area (Å²) >= 11 is 5.50. The van der Waals surface area contributed by atoms with Gasteiger partial charge in [-0.05, 0) is 22.3 Å². The van der Waals surface area contributed by atoms with Crippen LogP contribution in [0.3, 0.4) is 0 Å². The standard InChI is InChI=1S/C23H25N2O14P3S/c1-35-40(29,30)38-42(33,34)39-41(31,32)36-11-17-19(26)20(27)22(37-17)25-10-16(21(43)24-23(25)28)18-14-8-4-2-6-12(14)13-7-3-5-9-15(13)18/h2-10,17-20,22,26-27H,11H2,1H3,(H,29,30)(H,31,32)(H,33,34)(H,24,28,43)/t17-,19-,20-,22-/m1/s1. The molecule has 16 nitrogen and oxygen atoms in total. The van der Waals surface area contributed by atoms with Crippen molar-refractivity contribution in [3.63, 3.8) is 0 Å². The Morgan fingerprint density at radius 1 is 0.884 bits per heavy atom. The zero-order valence-corrected chi connectivity index (χ0v) is 25.4. The summed E-state index contributed by atoms with van der Waals surface area (Å²) in [4.78, 5) is 44.0. The van der Waals surface area contributed by atoms with E-state index in [1.807, 2.05) is 48.5 Å². The minimum Gasteiger partial charge on any atom is -0.387 e. The fraction of sp³-hybridized carbons (Fsp3) is 0.304. The van der Waals surface area contributed by atoms with Crippen molar-refractivity contribution in [2.24, 2.45) is 0 Å². The number of benzene rings is 2. The van der Waals surface area contributed by atoms with Gasteiger partial charge in [0, 0.05) is 24.8 Å². The minimum atomic E-state index is -5.66. The molecule has 2 heterocycles. The molecule has 1 aromatic heterocycles. The second kappa shape index (κ2) is 12.0. The molecule has 43 heavy (non-hydrogen) atoms. The lowest BCUT2D eigenvalue weighted by Gasteiger charge is -2.21. The number of hydrogen-bond donors (Lipinski definition) is 6. The van der Waals surface area contributed by atoms with Crippen molar-refractivity contribution < 1.29 is 61.0 Å². The molecule has 1 aliphatic heterocycles. The topological polar surface area (TPSA) is 236 Å². The Balaban J connectivity index is 1.38. The molecule has 2 aliphatic rings. The fourth-order valence-electron chi connectivity index (χ4n) is 4.98. The van der Waals surface area contributed by atoms with Crippen LogP contribution in [-0.4, -0.2) is 66.5 Å². The van der Waals surface area contributed by atoms with Crippen LogP contribution >= 0.6 is 35.7 Å². The van der Waals surface area contributed by atoms with Crippen LogP contribution in [0.15, 0.2) is 59.5 Å². The third-order valence-electron chi connectivity index (χ3n) is 6.80. The van der Waals surface area contributed by atoms with E-state index in [9.17, 15) is 38.5 Å². The molecule has 3 aromatic rings. The van der Waals surface area contributed by atoms with Gasteiger partial charge in [0.25, 0.3) is 0 Å². The summed E-state index contributed by atoms with van der Waals surface area (Å²) in [5, 5.41) is 21.3. The number of nitrogens with zero attached hydrogens (tertiary/aromatic N) is 1. The largest absolute Gasteiger partial charge is 0.490 e. The molecule has 0 bridgehead atoms. The molecular weight excluding hydrogens is 653 g/mol. The summed E-state index contributed by atoms with van der Waals surface area (Å²) in [5.41, 5.74) is 3.54. The molecule has 20 heteroatoms. The van der Waals surface area contributed by atoms with E-state index >= 15 is 0 Å². The molecular formula is C23H25N2O14P3S. The van der Waals surface area contributed by atoms with E-state index < -0.39 is 60.3 Å². The van der Waals surface area contributed by atoms with Gasteiger partial charge in [0.1, 0.15) is 23.0 Å². The van der Waals surface area contributed by atoms with Crippen molar-refractivity contribution in [3.8, 4) is 11.1 Å². The molecule has 1 saturated heterocycles. The first kappa shape index (κ1) is 32.2. The number of aromatic amines is 1. The maximum atomic E-state index is 13.0. The van der Waals surface area contributed by atoms with Crippen LogP contribution in [-0.2, 0) is 36.1 Å². The molecule has 1 aliphatic carbocycles. The van der Waals surface area contributed by atoms with Crippen molar-refractivity contribution in [2.45, 2.75) is 30.5 Å². The SMILES string of the molecule is COP(=O)(O)OP(=O)(O)OP(=O)(O)OC[C@H]1O[C@@H](n2cc(C3c4ccccc4-c4ccccc43)c(=S)[nH]c2=O)[C@H](O)[C@@H]1O. The molecule has 232 valence electrons. The number of nitrogens with one attached hydrogen (secondary N) is 1. The minimum absolute atomic E-state index is 0.139. The van der Waals surface area contributed by atoms with Crippen molar-refractivity contribution in [1.82, 2.24) is 9.55 Å². The number of aromatic nitrogens is 2. The molecule has 6 N–H and O–H groups in total. The highest BCUT2D eigenvalue weighted by Crippen LogP contribution is 2.67. The highest BCUT2D eigenvalue weighted by Gasteiger charge is 2.47. The lowest BCUT2D eigenvalue weighted by atomic mass is 9.91. The number of rotatable bonds is 10. The molecule has 5 rings (SSSR count). The van der Waals surface area contributed by atoms with E-state index in [1.54, 1.807) is 0 Å². The molecule has 2 aromatic carbocycles. The second-order valence-corrected chi connectivity index (χ2v) is 14.6. The van der Waals surface area contributed by atoms with Gasteiger partial charge in [0.2, 0.25) is 0 Å². The smallest absolute Gasteiger partial charge is 0.387 e. The van der Waals surface area contributed by atoms with Gasteiger partial charge in [0.15, 0.2) is 6.23 Å². The predicted octanol–water partition coefficient (Wildman–Crippen LogP) is 2.68. The third kappa shape index (κ3) is 6.61. The Morgan fingerprint density at radius 3 is 2.02 bits per heavy atom. The first-order chi connectivity index (χ1) is 20.1. The van der Waals surface area contributed by atoms with Gasteiger partial charge in [0.05, 0.1) is 6.61 Å². The first-order valence-electron chi connectivity index (χ1n) is 12.3. The Hall–Kier alpha value is -2.17. The van der Waals surface area contributed by atoms with Gasteiger partial charge >= 0.3 is 29.2 Å². The van der Waals surface area contributed by atoms with Crippen LogP contribution < -0.4 is 5.69 Å². The summed E-state index contributed by atoms with van der Waals surface area (Å²) < 4.78 is 58.4. The normalized spacial score (nSPS) is 25.8. The molecule has 0 amide bonds. The van der Waals surface area contributed by atoms with E-state index in [0.717, 1.165) is 26.8 Å². The average molecular weight is 678 g/mol. The molecule has 0 saturated carbocycles. The van der Waals surface area contributed by atoms with Gasteiger partial charge < -0.3 is 29.6 Å². The average Bonchev–Trinajstić information content (AvgIpc) is 3.40. The van der Waals surface area contributed by atoms with E-state index in [0.29, 0.717) is 12.7 Å². The summed E-state index contributed by atoms with van der Waals surface area (Å²) in [6.45, 7) is -1.00. The Labute approximate surface area is 247 Å². The number of phosphoric acid groups is 3. The van der Waals surface area contributed by atoms with Crippen LogP contribution in [0.4, 0.5) is 0 Å². The molecule has 7 atom stereocenters. The molecule has 1 fully saturated rings. The van der Waals surface area contributed by atoms with Crippen molar-refractivity contribution >= 4 is 35.7 Å². The zero-order valence-electron chi connectivity index (χ0n) is 21.9. The van der Waals surface area contributed by atoms with Crippen LogP contribution in [0, 0.1) is 4.64 Å². The second-order valence-electron chi connectivity index (χ2n) is 9.45. The molecule has 0 spiro atoms. The predicted molar refractivity (Wildman–Crippen MR) is 149 cm³/mol. The van der Waals surface area contributed by atoms with Gasteiger partial charge in [-0.1, -0.05) is 60.7 Å². The first-order valence-corrected chi connectivity index (χ1v) is 17.2. The van der Waals surface area contributed by atoms with Crippen LogP contribution in [0.5, 0.6) is 0 Å². The summed E-state index contributed by atoms with van der Waals surface area (Å²) in [5.74, 6) is -0.383. The number of ether oxygens (including phenoxy) is 1. The Bertz CT molecular complexity index is 1770. The number of phosphoric ester groups is 2. The number of aliphatic hydroxyl groups excluding tert-OH is 2. The maximum absolute atomic E-state index is 13.0. The monoisotopic (exact) mass is 678 g/mol. The Morgan fingerprint density at radius 2 is 1.44 bits per heavy atom. The number of H-pyrrole nitrogens is 1. The van der Waals surface area contributed by atoms with Crippen molar-refractivity contribution in [2.75, 3.05) is 13.7 Å². The van der Waals surface area contributed by atoms with Crippen LogP contribution in [0.25, 0.3) is 11.1 Å². The van der Waals surface area contributed by atoms with E-state index in [2.05, 4.69) is 22.7 Å². The van der Waals surface area contributed by atoms with Crippen molar-refractivity contribution in [1.29, 1.82) is 0 Å². The van der Waals surface area contributed by atoms with Gasteiger partial charge in [-0.2, -0.15) is 8.62 Å². The quantitative estimate of drug-likeness (QED) is 0.104. The molecule has 0 radical (unpaired) electrons. The highest BCUT2D eigenvalue weighted by atomic mass is 32.1. The van der Waals surface area contributed by atoms with Gasteiger partial charge in [-0.3, -0.25) is 18.6 Å². The van der Waals surface area contributed by atoms with Crippen LogP contribution in [0.2, 0.25) is 0 Å². The number of hydrogen-bond acceptors (Lipinski definition) is 12. The maximum Gasteiger partial charge on any atom is 0.490 e. The lowest BCUT2D eigenvalue weighted by Crippen LogP contribution is -2.36. The van der Waals surface area contributed by atoms with E-state index in [1.165, 1.54) is 6.20 Å². The molecule has 3 unspecified atom stereocenters. The number of aliphatic hydroxyl groups is 2. The summed E-state index contributed by atoms with van der Waals surface area (Å²) in [6.07, 6.45) is -5.21. The Kier molecular flexibility index (Phi) is 8.97. The van der Waals surface area contributed by atoms with Gasteiger partial charge in [-0.15, -0.1) is 0 Å². The third-order valence-corrected chi connectivity index (χ3v) is 11.4. The van der Waals surface area contributed by atoms with E-state index in [-0.39, 0.29) is 10.6 Å². The summed E-state index contributed by atoms with van der Waals surface area (Å²) in [7, 11) is -15.6. The summed E-state index contributed by atoms with van der Waals surface area (Å²) in [6, 6.07) is 15.3. The highest BCUT2D eigenvalue weighted by molar-refractivity contribution is 7.71. The van der Waals surface area contributed by atoms with Crippen molar-refractivity contribution in [3.05, 3.63) is 86.5 Å². The number of fused-ring (bicyclic) bond motifs is 3.